The average molecular weight is 397 g/mol. The van der Waals surface area contributed by atoms with E-state index in [0.29, 0.717) is 12.2 Å². The summed E-state index contributed by atoms with van der Waals surface area (Å²) < 4.78 is 20.0. The number of hydrogen-bond donors (Lipinski definition) is 2. The number of carbonyl (C=O) groups is 1. The highest BCUT2D eigenvalue weighted by molar-refractivity contribution is 5.90. The van der Waals surface area contributed by atoms with Gasteiger partial charge in [0.1, 0.15) is 18.6 Å². The third kappa shape index (κ3) is 4.15. The van der Waals surface area contributed by atoms with E-state index in [-0.39, 0.29) is 30.3 Å². The van der Waals surface area contributed by atoms with Crippen LogP contribution in [0.15, 0.2) is 54.7 Å². The molecule has 1 aromatic heterocycles. The van der Waals surface area contributed by atoms with Crippen molar-refractivity contribution in [3.05, 3.63) is 70.7 Å². The van der Waals surface area contributed by atoms with Crippen LogP contribution in [-0.2, 0) is 6.54 Å². The predicted molar refractivity (Wildman–Crippen MR) is 102 cm³/mol. The molecule has 2 amide bonds. The molecular formula is C19H16FN5O4. The maximum atomic E-state index is 13.1. The predicted octanol–water partition coefficient (Wildman–Crippen LogP) is 3.18. The van der Waals surface area contributed by atoms with Gasteiger partial charge in [-0.2, -0.15) is 0 Å². The Labute approximate surface area is 164 Å². The van der Waals surface area contributed by atoms with Crippen molar-refractivity contribution in [2.75, 3.05) is 11.9 Å². The number of nitro groups is 1. The Morgan fingerprint density at radius 2 is 2.03 bits per heavy atom. The molecule has 0 aliphatic carbocycles. The zero-order valence-corrected chi connectivity index (χ0v) is 15.0. The van der Waals surface area contributed by atoms with E-state index >= 15 is 0 Å². The van der Waals surface area contributed by atoms with E-state index < -0.39 is 11.0 Å². The third-order valence-corrected chi connectivity index (χ3v) is 4.38. The summed E-state index contributed by atoms with van der Waals surface area (Å²) in [7, 11) is 0. The van der Waals surface area contributed by atoms with Gasteiger partial charge in [-0.25, -0.2) is 9.18 Å². The lowest BCUT2D eigenvalue weighted by Gasteiger charge is -2.23. The van der Waals surface area contributed by atoms with Gasteiger partial charge in [0.05, 0.1) is 12.6 Å². The Balaban J connectivity index is 1.39. The smallest absolute Gasteiger partial charge is 0.414 e. The lowest BCUT2D eigenvalue weighted by molar-refractivity contribution is -0.389. The second-order valence-corrected chi connectivity index (χ2v) is 6.49. The number of carbonyl (C=O) groups excluding carboxylic acids is 1. The second kappa shape index (κ2) is 7.58. The largest absolute Gasteiger partial charge is 0.444 e. The van der Waals surface area contributed by atoms with Crippen molar-refractivity contribution < 1.29 is 18.8 Å². The minimum atomic E-state index is -0.599. The number of imidazole rings is 1. The van der Waals surface area contributed by atoms with Gasteiger partial charge in [-0.3, -0.25) is 4.57 Å². The molecule has 0 saturated carbocycles. The fourth-order valence-electron chi connectivity index (χ4n) is 3.04. The summed E-state index contributed by atoms with van der Waals surface area (Å²) in [5.41, 5.74) is 2.23. The van der Waals surface area contributed by atoms with Crippen LogP contribution in [0.3, 0.4) is 0 Å². The van der Waals surface area contributed by atoms with Crippen LogP contribution in [0, 0.1) is 15.9 Å². The molecular weight excluding hydrogens is 381 g/mol. The van der Waals surface area contributed by atoms with Gasteiger partial charge in [0.15, 0.2) is 0 Å². The summed E-state index contributed by atoms with van der Waals surface area (Å²) in [6.07, 6.45) is 1.27. The van der Waals surface area contributed by atoms with Crippen LogP contribution in [0.1, 0.15) is 0 Å². The molecule has 2 N–H and O–H groups in total. The number of hydrogen-bond acceptors (Lipinski definition) is 5. The van der Waals surface area contributed by atoms with Gasteiger partial charge >= 0.3 is 17.9 Å². The first-order chi connectivity index (χ1) is 14.0. The number of aromatic nitrogens is 2. The maximum Gasteiger partial charge on any atom is 0.414 e. The fourth-order valence-corrected chi connectivity index (χ4v) is 3.04. The number of urea groups is 1. The van der Waals surface area contributed by atoms with Gasteiger partial charge in [0.2, 0.25) is 0 Å². The van der Waals surface area contributed by atoms with Gasteiger partial charge in [-0.05, 0) is 40.3 Å². The van der Waals surface area contributed by atoms with Crippen molar-refractivity contribution >= 4 is 17.5 Å². The Morgan fingerprint density at radius 1 is 1.24 bits per heavy atom. The minimum absolute atomic E-state index is 0.150. The van der Waals surface area contributed by atoms with E-state index in [0.717, 1.165) is 11.1 Å². The van der Waals surface area contributed by atoms with Crippen molar-refractivity contribution in [2.24, 2.45) is 0 Å². The molecule has 0 unspecified atom stereocenters. The number of halogens is 1. The van der Waals surface area contributed by atoms with E-state index in [1.807, 2.05) is 6.07 Å². The molecule has 1 aliphatic rings. The van der Waals surface area contributed by atoms with Crippen LogP contribution in [0.5, 0.6) is 6.01 Å². The van der Waals surface area contributed by atoms with E-state index in [2.05, 4.69) is 15.6 Å². The maximum absolute atomic E-state index is 13.1. The molecule has 3 aromatic rings. The molecule has 1 atom stereocenters. The van der Waals surface area contributed by atoms with Gasteiger partial charge in [-0.1, -0.05) is 24.3 Å². The Morgan fingerprint density at radius 3 is 2.79 bits per heavy atom. The van der Waals surface area contributed by atoms with Crippen LogP contribution in [0.4, 0.5) is 20.7 Å². The van der Waals surface area contributed by atoms with Crippen LogP contribution < -0.4 is 15.4 Å². The molecule has 0 bridgehead atoms. The number of fused-ring (bicyclic) bond motifs is 1. The second-order valence-electron chi connectivity index (χ2n) is 6.49. The highest BCUT2D eigenvalue weighted by Crippen LogP contribution is 2.23. The zero-order chi connectivity index (χ0) is 20.4. The molecule has 2 heterocycles. The lowest BCUT2D eigenvalue weighted by Crippen LogP contribution is -2.46. The number of nitrogens with zero attached hydrogens (tertiary/aromatic N) is 3. The molecule has 1 aliphatic heterocycles. The van der Waals surface area contributed by atoms with E-state index in [9.17, 15) is 19.3 Å². The topological polar surface area (TPSA) is 111 Å². The summed E-state index contributed by atoms with van der Waals surface area (Å²) in [6, 6.07) is 12.6. The molecule has 0 saturated heterocycles. The standard InChI is InChI=1S/C19H16FN5O4/c20-14-6-4-12(5-7-14)13-2-1-3-15(8-13)21-18(26)22-16-9-24-10-17(25(27)28)23-19(24)29-11-16/h1-8,10,16H,9,11H2,(H2,21,22,26)/t16-/m0/s1. The van der Waals surface area contributed by atoms with Crippen molar-refractivity contribution in [3.8, 4) is 17.1 Å². The zero-order valence-electron chi connectivity index (χ0n) is 15.0. The Hall–Kier alpha value is -3.95. The van der Waals surface area contributed by atoms with E-state index in [4.69, 9.17) is 4.74 Å². The monoisotopic (exact) mass is 397 g/mol. The highest BCUT2D eigenvalue weighted by Gasteiger charge is 2.28. The fraction of sp³-hybridized carbons (Fsp3) is 0.158. The molecule has 148 valence electrons. The van der Waals surface area contributed by atoms with Gasteiger partial charge in [0, 0.05) is 10.7 Å². The number of benzene rings is 2. The quantitative estimate of drug-likeness (QED) is 0.519. The average Bonchev–Trinajstić information content (AvgIpc) is 3.12. The molecule has 9 nitrogen and oxygen atoms in total. The van der Waals surface area contributed by atoms with Crippen molar-refractivity contribution in [3.63, 3.8) is 0 Å². The molecule has 29 heavy (non-hydrogen) atoms. The number of anilines is 1. The first kappa shape index (κ1) is 18.4. The molecule has 0 radical (unpaired) electrons. The number of rotatable bonds is 4. The van der Waals surface area contributed by atoms with Crippen LogP contribution >= 0.6 is 0 Å². The molecule has 2 aromatic carbocycles. The summed E-state index contributed by atoms with van der Waals surface area (Å²) in [5, 5.41) is 16.3. The van der Waals surface area contributed by atoms with E-state index in [1.165, 1.54) is 22.9 Å². The van der Waals surface area contributed by atoms with Crippen LogP contribution in [0.25, 0.3) is 11.1 Å². The van der Waals surface area contributed by atoms with Crippen LogP contribution in [0.2, 0.25) is 0 Å². The molecule has 4 rings (SSSR count). The molecule has 0 spiro atoms. The van der Waals surface area contributed by atoms with E-state index in [1.54, 1.807) is 30.3 Å². The number of ether oxygens (including phenoxy) is 1. The summed E-state index contributed by atoms with van der Waals surface area (Å²) in [4.78, 5) is 26.3. The SMILES string of the molecule is O=C(Nc1cccc(-c2ccc(F)cc2)c1)N[C@@H]1COc2nc([N+](=O)[O-])cn2C1. The number of amides is 2. The first-order valence-corrected chi connectivity index (χ1v) is 8.76. The Kier molecular flexibility index (Phi) is 4.82. The minimum Gasteiger partial charge on any atom is -0.444 e. The van der Waals surface area contributed by atoms with Crippen LogP contribution in [-0.4, -0.2) is 33.2 Å². The highest BCUT2D eigenvalue weighted by atomic mass is 19.1. The Bertz CT molecular complexity index is 1070. The van der Waals surface area contributed by atoms with Crippen molar-refractivity contribution in [1.82, 2.24) is 14.9 Å². The summed E-state index contributed by atoms with van der Waals surface area (Å²) >= 11 is 0. The van der Waals surface area contributed by atoms with Crippen molar-refractivity contribution in [2.45, 2.75) is 12.6 Å². The van der Waals surface area contributed by atoms with Gasteiger partial charge in [-0.15, -0.1) is 0 Å². The third-order valence-electron chi connectivity index (χ3n) is 4.38. The lowest BCUT2D eigenvalue weighted by atomic mass is 10.1. The first-order valence-electron chi connectivity index (χ1n) is 8.76. The normalized spacial score (nSPS) is 15.1. The molecule has 10 heteroatoms. The van der Waals surface area contributed by atoms with Crippen molar-refractivity contribution in [1.29, 1.82) is 0 Å². The van der Waals surface area contributed by atoms with Gasteiger partial charge in [0.25, 0.3) is 0 Å². The van der Waals surface area contributed by atoms with Gasteiger partial charge < -0.3 is 25.5 Å². The molecule has 0 fully saturated rings. The summed E-state index contributed by atoms with van der Waals surface area (Å²) in [5.74, 6) is -0.619. The number of nitrogens with one attached hydrogen (secondary N) is 2. The summed E-state index contributed by atoms with van der Waals surface area (Å²) in [6.45, 7) is 0.455.